The number of rotatable bonds is 9. The fraction of sp³-hybridized carbons (Fsp3) is 0.143. The van der Waals surface area contributed by atoms with E-state index in [2.05, 4.69) is 15.0 Å². The van der Waals surface area contributed by atoms with Gasteiger partial charge in [-0.1, -0.05) is 11.6 Å². The van der Waals surface area contributed by atoms with Crippen molar-refractivity contribution in [2.75, 3.05) is 30.4 Å². The Kier molecular flexibility index (Phi) is 7.62. The van der Waals surface area contributed by atoms with Crippen molar-refractivity contribution in [1.82, 2.24) is 4.98 Å². The highest BCUT2D eigenvalue weighted by Gasteiger charge is 2.18. The molecule has 2 N–H and O–H groups in total. The molecule has 0 unspecified atom stereocenters. The zero-order valence-corrected chi connectivity index (χ0v) is 18.4. The molecule has 0 saturated carbocycles. The lowest BCUT2D eigenvalue weighted by Gasteiger charge is -2.13. The maximum atomic E-state index is 13.1. The summed E-state index contributed by atoms with van der Waals surface area (Å²) in [7, 11) is -2.51. The maximum absolute atomic E-state index is 13.1. The van der Waals surface area contributed by atoms with Crippen LogP contribution in [0.5, 0.6) is 5.88 Å². The summed E-state index contributed by atoms with van der Waals surface area (Å²) in [6, 6.07) is 11.7. The Balaban J connectivity index is 1.80. The summed E-state index contributed by atoms with van der Waals surface area (Å²) in [6.45, 7) is 0.589. The summed E-state index contributed by atoms with van der Waals surface area (Å²) >= 11 is 6.12. The Bertz CT molecular complexity index is 1210. The molecule has 1 aromatic heterocycles. The number of aromatic nitrogens is 1. The molecule has 168 valence electrons. The summed E-state index contributed by atoms with van der Waals surface area (Å²) in [5, 5.41) is 2.75. The second kappa shape index (κ2) is 10.4. The highest BCUT2D eigenvalue weighted by molar-refractivity contribution is 7.92. The lowest BCUT2D eigenvalue weighted by atomic mass is 10.2. The first-order chi connectivity index (χ1) is 15.3. The van der Waals surface area contributed by atoms with Gasteiger partial charge in [0, 0.05) is 18.9 Å². The summed E-state index contributed by atoms with van der Waals surface area (Å²) < 4.78 is 51.0. The second-order valence-electron chi connectivity index (χ2n) is 6.41. The van der Waals surface area contributed by atoms with Gasteiger partial charge in [0.05, 0.1) is 22.2 Å². The van der Waals surface area contributed by atoms with E-state index in [0.29, 0.717) is 12.3 Å². The normalized spacial score (nSPS) is 11.1. The monoisotopic (exact) mass is 479 g/mol. The molecule has 0 aliphatic heterocycles. The third kappa shape index (κ3) is 5.94. The largest absolute Gasteiger partial charge is 0.474 e. The van der Waals surface area contributed by atoms with E-state index in [1.54, 1.807) is 12.1 Å². The first kappa shape index (κ1) is 23.5. The van der Waals surface area contributed by atoms with Crippen LogP contribution in [0.25, 0.3) is 0 Å². The molecule has 0 radical (unpaired) electrons. The van der Waals surface area contributed by atoms with Gasteiger partial charge in [-0.3, -0.25) is 9.52 Å². The van der Waals surface area contributed by atoms with E-state index in [4.69, 9.17) is 21.1 Å². The average molecular weight is 480 g/mol. The van der Waals surface area contributed by atoms with Crippen LogP contribution in [0.15, 0.2) is 65.7 Å². The molecule has 32 heavy (non-hydrogen) atoms. The van der Waals surface area contributed by atoms with Crippen molar-refractivity contribution in [3.63, 3.8) is 0 Å². The average Bonchev–Trinajstić information content (AvgIpc) is 2.76. The molecule has 0 atom stereocenters. The van der Waals surface area contributed by atoms with Gasteiger partial charge < -0.3 is 14.8 Å². The Morgan fingerprint density at radius 2 is 1.84 bits per heavy atom. The molecule has 1 heterocycles. The van der Waals surface area contributed by atoms with Crippen LogP contribution in [0.1, 0.15) is 10.4 Å². The van der Waals surface area contributed by atoms with Gasteiger partial charge in [-0.15, -0.1) is 0 Å². The summed E-state index contributed by atoms with van der Waals surface area (Å²) in [5.41, 5.74) is 0.460. The molecular weight excluding hydrogens is 461 g/mol. The Morgan fingerprint density at radius 1 is 1.09 bits per heavy atom. The van der Waals surface area contributed by atoms with Gasteiger partial charge in [-0.05, 0) is 54.6 Å². The predicted octanol–water partition coefficient (Wildman–Crippen LogP) is 3.95. The number of halogens is 2. The minimum atomic E-state index is -4.05. The van der Waals surface area contributed by atoms with E-state index in [1.165, 1.54) is 31.5 Å². The van der Waals surface area contributed by atoms with Crippen molar-refractivity contribution in [3.05, 3.63) is 77.2 Å². The first-order valence-electron chi connectivity index (χ1n) is 9.26. The van der Waals surface area contributed by atoms with Crippen molar-refractivity contribution in [3.8, 4) is 5.88 Å². The molecule has 0 fully saturated rings. The Hall–Kier alpha value is -3.21. The number of pyridine rings is 1. The van der Waals surface area contributed by atoms with Gasteiger partial charge >= 0.3 is 0 Å². The van der Waals surface area contributed by atoms with E-state index < -0.39 is 21.7 Å². The summed E-state index contributed by atoms with van der Waals surface area (Å²) in [4.78, 5) is 16.7. The molecule has 0 aliphatic carbocycles. The van der Waals surface area contributed by atoms with E-state index in [9.17, 15) is 17.6 Å². The van der Waals surface area contributed by atoms with Crippen LogP contribution in [0.2, 0.25) is 5.02 Å². The fourth-order valence-corrected chi connectivity index (χ4v) is 3.87. The molecule has 0 bridgehead atoms. The lowest BCUT2D eigenvalue weighted by molar-refractivity contribution is 0.102. The van der Waals surface area contributed by atoms with Gasteiger partial charge in [0.15, 0.2) is 0 Å². The number of ether oxygens (including phenoxy) is 2. The van der Waals surface area contributed by atoms with Gasteiger partial charge in [-0.25, -0.2) is 17.8 Å². The van der Waals surface area contributed by atoms with Crippen molar-refractivity contribution in [2.24, 2.45) is 0 Å². The zero-order valence-electron chi connectivity index (χ0n) is 16.8. The molecular formula is C21H19ClFN3O5S. The maximum Gasteiger partial charge on any atom is 0.261 e. The number of carbonyl (C=O) groups excluding carboxylic acids is 1. The van der Waals surface area contributed by atoms with Gasteiger partial charge in [0.25, 0.3) is 15.9 Å². The van der Waals surface area contributed by atoms with E-state index in [-0.39, 0.29) is 33.7 Å². The number of anilines is 2. The Morgan fingerprint density at radius 3 is 2.56 bits per heavy atom. The number of hydrogen-bond acceptors (Lipinski definition) is 6. The quantitative estimate of drug-likeness (QED) is 0.450. The van der Waals surface area contributed by atoms with Crippen LogP contribution in [0.4, 0.5) is 15.8 Å². The number of methoxy groups -OCH3 is 1. The third-order valence-corrected chi connectivity index (χ3v) is 5.85. The number of amides is 1. The number of sulfonamides is 1. The minimum absolute atomic E-state index is 0.00797. The van der Waals surface area contributed by atoms with E-state index in [1.807, 2.05) is 0 Å². The van der Waals surface area contributed by atoms with E-state index in [0.717, 1.165) is 24.3 Å². The van der Waals surface area contributed by atoms with Crippen molar-refractivity contribution in [1.29, 1.82) is 0 Å². The van der Waals surface area contributed by atoms with Crippen molar-refractivity contribution < 1.29 is 27.1 Å². The first-order valence-corrected chi connectivity index (χ1v) is 11.1. The van der Waals surface area contributed by atoms with Crippen LogP contribution >= 0.6 is 11.6 Å². The lowest BCUT2D eigenvalue weighted by Crippen LogP contribution is -2.16. The van der Waals surface area contributed by atoms with Crippen molar-refractivity contribution >= 4 is 38.9 Å². The number of carbonyl (C=O) groups is 1. The second-order valence-corrected chi connectivity index (χ2v) is 8.50. The molecule has 0 saturated heterocycles. The zero-order chi connectivity index (χ0) is 23.1. The van der Waals surface area contributed by atoms with Gasteiger partial charge in [0.2, 0.25) is 5.88 Å². The molecule has 8 nitrogen and oxygen atoms in total. The van der Waals surface area contributed by atoms with E-state index >= 15 is 0 Å². The molecule has 11 heteroatoms. The van der Waals surface area contributed by atoms with Crippen LogP contribution in [-0.4, -0.2) is 39.6 Å². The fourth-order valence-electron chi connectivity index (χ4n) is 2.58. The van der Waals surface area contributed by atoms with Crippen LogP contribution in [-0.2, 0) is 14.8 Å². The molecule has 1 amide bonds. The van der Waals surface area contributed by atoms with Crippen molar-refractivity contribution in [2.45, 2.75) is 4.90 Å². The molecule has 2 aromatic carbocycles. The minimum Gasteiger partial charge on any atom is -0.474 e. The SMILES string of the molecule is COCCOc1ncccc1NC(=O)c1ccc(Cl)c(NS(=O)(=O)c2ccc(F)cc2)c1. The molecule has 3 rings (SSSR count). The number of hydrogen-bond donors (Lipinski definition) is 2. The smallest absolute Gasteiger partial charge is 0.261 e. The van der Waals surface area contributed by atoms with Crippen LogP contribution < -0.4 is 14.8 Å². The molecule has 3 aromatic rings. The van der Waals surface area contributed by atoms with Crippen LogP contribution in [0, 0.1) is 5.82 Å². The highest BCUT2D eigenvalue weighted by atomic mass is 35.5. The standard InChI is InChI=1S/C21H19ClFN3O5S/c1-30-11-12-31-21-18(3-2-10-24-21)25-20(27)14-4-9-17(22)19(13-14)26-32(28,29)16-7-5-15(23)6-8-16/h2-10,13,26H,11-12H2,1H3,(H,25,27). The summed E-state index contributed by atoms with van der Waals surface area (Å²) in [6.07, 6.45) is 1.52. The highest BCUT2D eigenvalue weighted by Crippen LogP contribution is 2.27. The van der Waals surface area contributed by atoms with Gasteiger partial charge in [-0.2, -0.15) is 0 Å². The molecule has 0 spiro atoms. The summed E-state index contributed by atoms with van der Waals surface area (Å²) in [5.74, 6) is -0.890. The third-order valence-electron chi connectivity index (χ3n) is 4.14. The Labute approximate surface area is 189 Å². The topological polar surface area (TPSA) is 107 Å². The number of benzene rings is 2. The molecule has 0 aliphatic rings. The van der Waals surface area contributed by atoms with Crippen LogP contribution in [0.3, 0.4) is 0 Å². The predicted molar refractivity (Wildman–Crippen MR) is 118 cm³/mol. The number of nitrogens with zero attached hydrogens (tertiary/aromatic N) is 1. The van der Waals surface area contributed by atoms with Gasteiger partial charge in [0.1, 0.15) is 18.1 Å². The number of nitrogens with one attached hydrogen (secondary N) is 2.